The van der Waals surface area contributed by atoms with Crippen molar-refractivity contribution in [3.8, 4) is 39.1 Å². The summed E-state index contributed by atoms with van der Waals surface area (Å²) in [5, 5.41) is 7.09. The maximum absolute atomic E-state index is 6.55. The van der Waals surface area contributed by atoms with E-state index in [9.17, 15) is 0 Å². The minimum Gasteiger partial charge on any atom is -0.455 e. The Balaban J connectivity index is 0.944. The topological polar surface area (TPSA) is 21.3 Å². The lowest BCUT2D eigenvalue weighted by atomic mass is 9.98. The molecule has 0 N–H and O–H groups in total. The van der Waals surface area contributed by atoms with E-state index < -0.39 is 0 Å². The van der Waals surface area contributed by atoms with Crippen molar-refractivity contribution < 1.29 is 4.42 Å². The molecule has 0 saturated heterocycles. The van der Waals surface area contributed by atoms with Gasteiger partial charge in [-0.05, 0) is 112 Å². The van der Waals surface area contributed by atoms with Crippen molar-refractivity contribution in [2.45, 2.75) is 0 Å². The lowest BCUT2D eigenvalue weighted by Crippen LogP contribution is -2.10. The van der Waals surface area contributed by atoms with Crippen molar-refractivity contribution in [3.63, 3.8) is 0 Å². The predicted octanol–water partition coefficient (Wildman–Crippen LogP) is 16.3. The van der Waals surface area contributed by atoms with E-state index in [0.29, 0.717) is 0 Å². The van der Waals surface area contributed by atoms with Gasteiger partial charge in [-0.15, -0.1) is 0 Å². The molecule has 0 fully saturated rings. The predicted molar refractivity (Wildman–Crippen MR) is 257 cm³/mol. The van der Waals surface area contributed by atoms with Crippen molar-refractivity contribution in [3.05, 3.63) is 231 Å². The number of hydrogen-bond donors (Lipinski definition) is 0. The Morgan fingerprint density at radius 2 is 0.820 bits per heavy atom. The van der Waals surface area contributed by atoms with Gasteiger partial charge in [0.1, 0.15) is 11.2 Å². The van der Waals surface area contributed by atoms with Crippen LogP contribution in [0.3, 0.4) is 0 Å². The summed E-state index contributed by atoms with van der Waals surface area (Å²) < 4.78 is 8.92. The van der Waals surface area contributed by atoms with Crippen LogP contribution < -0.4 is 4.90 Å². The summed E-state index contributed by atoms with van der Waals surface area (Å²) in [5.41, 5.74) is 15.7. The van der Waals surface area contributed by atoms with Crippen molar-refractivity contribution in [2.24, 2.45) is 0 Å². The van der Waals surface area contributed by atoms with Gasteiger partial charge in [0.05, 0.1) is 11.0 Å². The molecule has 0 aliphatic heterocycles. The lowest BCUT2D eigenvalue weighted by molar-refractivity contribution is 0.673. The van der Waals surface area contributed by atoms with Crippen LogP contribution in [0, 0.1) is 0 Å². The number of furan rings is 1. The standard InChI is InChI=1S/C58H38N2O/c1-2-11-39(12-3-1)40-21-23-41(24-22-40)42-25-30-45(31-26-42)59(47-34-36-48(37-35-47)60-54-18-8-6-15-51(54)52-16-7-9-19-55(52)60)46-32-27-44(28-33-46)49-17-10-20-56-57(49)53-38-29-43-13-4-5-14-50(43)58(53)61-56/h1-38H. The first kappa shape index (κ1) is 34.9. The summed E-state index contributed by atoms with van der Waals surface area (Å²) in [7, 11) is 0. The fourth-order valence-corrected chi connectivity index (χ4v) is 9.27. The van der Waals surface area contributed by atoms with Gasteiger partial charge in [0, 0.05) is 49.7 Å². The zero-order valence-corrected chi connectivity index (χ0v) is 33.2. The van der Waals surface area contributed by atoms with Gasteiger partial charge in [-0.25, -0.2) is 0 Å². The molecule has 0 amide bonds. The van der Waals surface area contributed by atoms with Crippen molar-refractivity contribution in [1.29, 1.82) is 0 Å². The Bertz CT molecular complexity index is 3490. The molecule has 2 heterocycles. The monoisotopic (exact) mass is 778 g/mol. The summed E-state index contributed by atoms with van der Waals surface area (Å²) in [5.74, 6) is 0. The Kier molecular flexibility index (Phi) is 8.17. The largest absolute Gasteiger partial charge is 0.455 e. The highest BCUT2D eigenvalue weighted by atomic mass is 16.3. The summed E-state index contributed by atoms with van der Waals surface area (Å²) in [6.45, 7) is 0. The molecule has 0 spiro atoms. The quantitative estimate of drug-likeness (QED) is 0.161. The molecule has 3 heteroatoms. The van der Waals surface area contributed by atoms with Gasteiger partial charge < -0.3 is 13.9 Å². The SMILES string of the molecule is c1ccc(-c2ccc(-c3ccc(N(c4ccc(-c5cccc6oc7c8ccccc8ccc7c56)cc4)c4ccc(-n5c6ccccc6c6ccccc65)cc4)cc3)cc2)cc1. The van der Waals surface area contributed by atoms with E-state index in [1.807, 2.05) is 0 Å². The Morgan fingerprint density at radius 3 is 1.44 bits per heavy atom. The highest BCUT2D eigenvalue weighted by molar-refractivity contribution is 6.19. The highest BCUT2D eigenvalue weighted by Crippen LogP contribution is 2.42. The van der Waals surface area contributed by atoms with E-state index >= 15 is 0 Å². The third-order valence-electron chi connectivity index (χ3n) is 12.2. The van der Waals surface area contributed by atoms with E-state index in [-0.39, 0.29) is 0 Å². The maximum atomic E-state index is 6.55. The van der Waals surface area contributed by atoms with E-state index in [0.717, 1.165) is 61.2 Å². The molecule has 286 valence electrons. The molecule has 2 aromatic heterocycles. The zero-order valence-electron chi connectivity index (χ0n) is 33.2. The van der Waals surface area contributed by atoms with E-state index in [1.54, 1.807) is 0 Å². The fraction of sp³-hybridized carbons (Fsp3) is 0. The smallest absolute Gasteiger partial charge is 0.143 e. The molecular formula is C58H38N2O. The average Bonchev–Trinajstić information content (AvgIpc) is 3.89. The molecule has 0 unspecified atom stereocenters. The number of aromatic nitrogens is 1. The second-order valence-electron chi connectivity index (χ2n) is 15.7. The third-order valence-corrected chi connectivity index (χ3v) is 12.2. The zero-order chi connectivity index (χ0) is 40.3. The van der Waals surface area contributed by atoms with Gasteiger partial charge in [-0.3, -0.25) is 0 Å². The minimum absolute atomic E-state index is 0.896. The number of anilines is 3. The minimum atomic E-state index is 0.896. The van der Waals surface area contributed by atoms with Gasteiger partial charge in [0.15, 0.2) is 0 Å². The fourth-order valence-electron chi connectivity index (χ4n) is 9.27. The Hall–Kier alpha value is -8.14. The maximum Gasteiger partial charge on any atom is 0.143 e. The molecule has 0 saturated carbocycles. The number of para-hydroxylation sites is 2. The first-order valence-electron chi connectivity index (χ1n) is 20.8. The number of rotatable bonds is 7. The van der Waals surface area contributed by atoms with E-state index in [2.05, 4.69) is 240 Å². The van der Waals surface area contributed by atoms with Crippen LogP contribution in [0.1, 0.15) is 0 Å². The van der Waals surface area contributed by atoms with Gasteiger partial charge in [-0.2, -0.15) is 0 Å². The van der Waals surface area contributed by atoms with Crippen LogP contribution >= 0.6 is 0 Å². The van der Waals surface area contributed by atoms with Crippen molar-refractivity contribution in [2.75, 3.05) is 4.90 Å². The highest BCUT2D eigenvalue weighted by Gasteiger charge is 2.18. The van der Waals surface area contributed by atoms with Gasteiger partial charge in [0.25, 0.3) is 0 Å². The van der Waals surface area contributed by atoms with E-state index in [1.165, 1.54) is 49.4 Å². The second kappa shape index (κ2) is 14.3. The first-order chi connectivity index (χ1) is 30.2. The van der Waals surface area contributed by atoms with Crippen LogP contribution in [0.5, 0.6) is 0 Å². The molecule has 12 rings (SSSR count). The molecule has 61 heavy (non-hydrogen) atoms. The number of hydrogen-bond acceptors (Lipinski definition) is 2. The number of benzene rings is 10. The Morgan fingerprint density at radius 1 is 0.328 bits per heavy atom. The van der Waals surface area contributed by atoms with Crippen LogP contribution in [-0.4, -0.2) is 4.57 Å². The molecule has 0 atom stereocenters. The summed E-state index contributed by atoms with van der Waals surface area (Å²) >= 11 is 0. The van der Waals surface area contributed by atoms with Gasteiger partial charge in [-0.1, -0.05) is 158 Å². The van der Waals surface area contributed by atoms with Gasteiger partial charge >= 0.3 is 0 Å². The van der Waals surface area contributed by atoms with Crippen LogP contribution in [0.15, 0.2) is 235 Å². The Labute approximate surface area is 353 Å². The lowest BCUT2D eigenvalue weighted by Gasteiger charge is -2.26. The van der Waals surface area contributed by atoms with Crippen molar-refractivity contribution >= 4 is 71.6 Å². The van der Waals surface area contributed by atoms with E-state index in [4.69, 9.17) is 4.42 Å². The van der Waals surface area contributed by atoms with Crippen LogP contribution in [0.4, 0.5) is 17.1 Å². The van der Waals surface area contributed by atoms with Crippen molar-refractivity contribution in [1.82, 2.24) is 4.57 Å². The molecular weight excluding hydrogens is 741 g/mol. The first-order valence-corrected chi connectivity index (χ1v) is 20.8. The second-order valence-corrected chi connectivity index (χ2v) is 15.7. The normalized spacial score (nSPS) is 11.6. The number of fused-ring (bicyclic) bond motifs is 8. The number of nitrogens with zero attached hydrogens (tertiary/aromatic N) is 2. The molecule has 0 bridgehead atoms. The molecule has 12 aromatic rings. The summed E-state index contributed by atoms with van der Waals surface area (Å²) in [6, 6.07) is 82.8. The third kappa shape index (κ3) is 5.90. The molecule has 0 radical (unpaired) electrons. The van der Waals surface area contributed by atoms with Crippen LogP contribution in [0.25, 0.3) is 93.6 Å². The van der Waals surface area contributed by atoms with Crippen LogP contribution in [-0.2, 0) is 0 Å². The summed E-state index contributed by atoms with van der Waals surface area (Å²) in [4.78, 5) is 2.35. The average molecular weight is 779 g/mol. The molecule has 0 aliphatic rings. The molecule has 10 aromatic carbocycles. The van der Waals surface area contributed by atoms with Crippen LogP contribution in [0.2, 0.25) is 0 Å². The molecule has 0 aliphatic carbocycles. The molecule has 3 nitrogen and oxygen atoms in total. The summed E-state index contributed by atoms with van der Waals surface area (Å²) in [6.07, 6.45) is 0. The van der Waals surface area contributed by atoms with Gasteiger partial charge in [0.2, 0.25) is 0 Å².